The van der Waals surface area contributed by atoms with Crippen molar-refractivity contribution >= 4 is 33.7 Å². The van der Waals surface area contributed by atoms with Crippen molar-refractivity contribution in [1.82, 2.24) is 24.7 Å². The molecule has 3 heterocycles. The fourth-order valence-electron chi connectivity index (χ4n) is 3.18. The molecule has 0 aliphatic carbocycles. The second kappa shape index (κ2) is 8.32. The van der Waals surface area contributed by atoms with Gasteiger partial charge in [0.15, 0.2) is 5.69 Å². The number of hydrogen-bond acceptors (Lipinski definition) is 5. The highest BCUT2D eigenvalue weighted by atomic mass is 32.2. The highest BCUT2D eigenvalue weighted by Crippen LogP contribution is 2.38. The largest absolute Gasteiger partial charge is 0.455 e. The van der Waals surface area contributed by atoms with Crippen molar-refractivity contribution in [3.8, 4) is 11.3 Å². The second-order valence-corrected chi connectivity index (χ2v) is 8.46. The van der Waals surface area contributed by atoms with Gasteiger partial charge in [-0.2, -0.15) is 40.2 Å². The molecule has 0 aliphatic rings. The van der Waals surface area contributed by atoms with Gasteiger partial charge in [-0.05, 0) is 24.0 Å². The Hall–Kier alpha value is -3.03. The lowest BCUT2D eigenvalue weighted by molar-refractivity contribution is -0.287. The summed E-state index contributed by atoms with van der Waals surface area (Å²) in [5, 5.41) is 3.89. The Morgan fingerprint density at radius 2 is 1.62 bits per heavy atom. The normalized spacial score (nSPS) is 13.2. The highest BCUT2D eigenvalue weighted by molar-refractivity contribution is 7.99. The molecule has 1 aromatic carbocycles. The van der Waals surface area contributed by atoms with E-state index in [1.807, 2.05) is 6.92 Å². The first kappa shape index (κ1) is 24.1. The van der Waals surface area contributed by atoms with Crippen LogP contribution in [0.25, 0.3) is 33.2 Å². The summed E-state index contributed by atoms with van der Waals surface area (Å²) >= 11 is 1.31. The summed E-state index contributed by atoms with van der Waals surface area (Å²) in [7, 11) is 0. The molecule has 5 nitrogen and oxygen atoms in total. The molecule has 0 amide bonds. The molecule has 0 unspecified atom stereocenters. The van der Waals surface area contributed by atoms with Crippen LogP contribution in [0.1, 0.15) is 12.6 Å². The zero-order valence-electron chi connectivity index (χ0n) is 17.0. The molecule has 0 N–H and O–H groups in total. The molecule has 0 spiro atoms. The summed E-state index contributed by atoms with van der Waals surface area (Å²) in [5.41, 5.74) is -0.169. The molecule has 0 atom stereocenters. The van der Waals surface area contributed by atoms with E-state index in [0.29, 0.717) is 32.8 Å². The Morgan fingerprint density at radius 3 is 2.26 bits per heavy atom. The van der Waals surface area contributed by atoms with Crippen LogP contribution in [0.4, 0.5) is 35.1 Å². The molecular formula is C20H13F8N5S. The van der Waals surface area contributed by atoms with Crippen LogP contribution in [0.15, 0.2) is 41.7 Å². The van der Waals surface area contributed by atoms with E-state index in [0.717, 1.165) is 12.4 Å². The van der Waals surface area contributed by atoms with Gasteiger partial charge in [-0.1, -0.05) is 6.92 Å². The number of aromatic nitrogens is 5. The van der Waals surface area contributed by atoms with Crippen LogP contribution in [0.5, 0.6) is 0 Å². The van der Waals surface area contributed by atoms with Crippen molar-refractivity contribution in [3.05, 3.63) is 42.5 Å². The maximum Gasteiger partial charge on any atom is 0.455 e. The van der Waals surface area contributed by atoms with Crippen LogP contribution in [-0.2, 0) is 12.7 Å². The van der Waals surface area contributed by atoms with Crippen molar-refractivity contribution in [2.24, 2.45) is 0 Å². The number of hydrogen-bond donors (Lipinski definition) is 0. The Labute approximate surface area is 190 Å². The Bertz CT molecular complexity index is 1360. The maximum absolute atomic E-state index is 13.5. The van der Waals surface area contributed by atoms with Crippen molar-refractivity contribution < 1.29 is 35.1 Å². The van der Waals surface area contributed by atoms with Gasteiger partial charge in [0, 0.05) is 15.8 Å². The van der Waals surface area contributed by atoms with E-state index in [-0.39, 0.29) is 21.9 Å². The summed E-state index contributed by atoms with van der Waals surface area (Å²) in [6, 6.07) is 4.39. The first-order chi connectivity index (χ1) is 15.8. The summed E-state index contributed by atoms with van der Waals surface area (Å²) in [4.78, 5) is 12.2. The number of nitrogens with zero attached hydrogens (tertiary/aromatic N) is 5. The van der Waals surface area contributed by atoms with Crippen LogP contribution < -0.4 is 0 Å². The van der Waals surface area contributed by atoms with Crippen LogP contribution >= 0.6 is 11.8 Å². The zero-order valence-corrected chi connectivity index (χ0v) is 17.9. The van der Waals surface area contributed by atoms with Gasteiger partial charge in [-0.15, -0.1) is 11.8 Å². The average Bonchev–Trinajstić information content (AvgIpc) is 3.13. The molecule has 0 saturated carbocycles. The van der Waals surface area contributed by atoms with E-state index in [2.05, 4.69) is 20.1 Å². The van der Waals surface area contributed by atoms with Crippen molar-refractivity contribution in [3.63, 3.8) is 0 Å². The third-order valence-electron chi connectivity index (χ3n) is 4.80. The number of rotatable bonds is 5. The van der Waals surface area contributed by atoms with Crippen molar-refractivity contribution in [2.45, 2.75) is 36.6 Å². The number of fused-ring (bicyclic) bond motifs is 2. The standard InChI is InChI=1S/C20H13F8N5S/c1-2-34-16-5-14-13(30-8-17(32-14)19(23,24)25)4-11(16)12-3-10-6-31-33(15(10)7-29-12)9-18(21,22)20(26,27)28/h3-8H,2,9H2,1H3. The minimum Gasteiger partial charge on any atom is -0.257 e. The van der Waals surface area contributed by atoms with E-state index in [4.69, 9.17) is 0 Å². The third kappa shape index (κ3) is 4.50. The number of thioether (sulfide) groups is 1. The lowest BCUT2D eigenvalue weighted by Gasteiger charge is -2.19. The van der Waals surface area contributed by atoms with Gasteiger partial charge in [0.2, 0.25) is 0 Å². The topological polar surface area (TPSA) is 56.5 Å². The smallest absolute Gasteiger partial charge is 0.257 e. The van der Waals surface area contributed by atoms with Gasteiger partial charge < -0.3 is 0 Å². The predicted molar refractivity (Wildman–Crippen MR) is 108 cm³/mol. The third-order valence-corrected chi connectivity index (χ3v) is 5.74. The van der Waals surface area contributed by atoms with Crippen LogP contribution in [0.3, 0.4) is 0 Å². The summed E-state index contributed by atoms with van der Waals surface area (Å²) in [6.07, 6.45) is -7.53. The fraction of sp³-hybridized carbons (Fsp3) is 0.300. The molecule has 0 radical (unpaired) electrons. The van der Waals surface area contributed by atoms with Gasteiger partial charge in [0.1, 0.15) is 6.54 Å². The second-order valence-electron chi connectivity index (χ2n) is 7.16. The van der Waals surface area contributed by atoms with Crippen LogP contribution in [0, 0.1) is 0 Å². The van der Waals surface area contributed by atoms with Gasteiger partial charge in [0.25, 0.3) is 0 Å². The molecule has 4 aromatic rings. The molecule has 0 bridgehead atoms. The lowest BCUT2D eigenvalue weighted by atomic mass is 10.1. The molecule has 14 heteroatoms. The minimum absolute atomic E-state index is 0.0257. The molecule has 0 fully saturated rings. The molecule has 180 valence electrons. The number of benzene rings is 1. The first-order valence-corrected chi connectivity index (χ1v) is 10.6. The summed E-state index contributed by atoms with van der Waals surface area (Å²) < 4.78 is 104. The van der Waals surface area contributed by atoms with Gasteiger partial charge in [0.05, 0.1) is 40.8 Å². The number of alkyl halides is 8. The molecule has 34 heavy (non-hydrogen) atoms. The van der Waals surface area contributed by atoms with Crippen molar-refractivity contribution in [1.29, 1.82) is 0 Å². The summed E-state index contributed by atoms with van der Waals surface area (Å²) in [5.74, 6) is -4.42. The fourth-order valence-corrected chi connectivity index (χ4v) is 4.00. The van der Waals surface area contributed by atoms with Gasteiger partial charge >= 0.3 is 18.3 Å². The SMILES string of the molecule is CCSc1cc2nc(C(F)(F)F)cnc2cc1-c1cc2cnn(CC(F)(F)C(F)(F)F)c2cn1. The minimum atomic E-state index is -5.73. The zero-order chi connectivity index (χ0) is 24.9. The molecule has 3 aromatic heterocycles. The molecule has 4 rings (SSSR count). The van der Waals surface area contributed by atoms with Crippen LogP contribution in [0.2, 0.25) is 0 Å². The Kier molecular flexibility index (Phi) is 5.90. The Balaban J connectivity index is 1.78. The first-order valence-electron chi connectivity index (χ1n) is 9.57. The van der Waals surface area contributed by atoms with Crippen molar-refractivity contribution in [2.75, 3.05) is 5.75 Å². The van der Waals surface area contributed by atoms with E-state index < -0.39 is 30.5 Å². The van der Waals surface area contributed by atoms with E-state index in [1.165, 1.54) is 30.0 Å². The van der Waals surface area contributed by atoms with Gasteiger partial charge in [-0.25, -0.2) is 4.98 Å². The number of halogens is 8. The molecular weight excluding hydrogens is 494 g/mol. The monoisotopic (exact) mass is 507 g/mol. The highest BCUT2D eigenvalue weighted by Gasteiger charge is 2.57. The number of pyridine rings is 1. The predicted octanol–water partition coefficient (Wildman–Crippen LogP) is 6.37. The summed E-state index contributed by atoms with van der Waals surface area (Å²) in [6.45, 7) is 0.128. The molecule has 0 saturated heterocycles. The quantitative estimate of drug-likeness (QED) is 0.232. The van der Waals surface area contributed by atoms with Crippen LogP contribution in [-0.4, -0.2) is 42.6 Å². The van der Waals surface area contributed by atoms with E-state index in [1.54, 1.807) is 0 Å². The molecule has 0 aliphatic heterocycles. The average molecular weight is 507 g/mol. The van der Waals surface area contributed by atoms with E-state index in [9.17, 15) is 35.1 Å². The Morgan fingerprint density at radius 1 is 0.882 bits per heavy atom. The van der Waals surface area contributed by atoms with E-state index >= 15 is 0 Å². The van der Waals surface area contributed by atoms with Gasteiger partial charge in [-0.3, -0.25) is 14.6 Å². The maximum atomic E-state index is 13.5. The lowest BCUT2D eigenvalue weighted by Crippen LogP contribution is -2.40.